The zero-order valence-corrected chi connectivity index (χ0v) is 21.3. The quantitative estimate of drug-likeness (QED) is 0.517. The molecule has 0 saturated carbocycles. The maximum atomic E-state index is 13.6. The van der Waals surface area contributed by atoms with Gasteiger partial charge in [0.05, 0.1) is 26.2 Å². The van der Waals surface area contributed by atoms with Crippen LogP contribution in [0.4, 0.5) is 5.69 Å². The summed E-state index contributed by atoms with van der Waals surface area (Å²) in [6.45, 7) is 3.38. The van der Waals surface area contributed by atoms with Gasteiger partial charge < -0.3 is 19.7 Å². The van der Waals surface area contributed by atoms with Crippen molar-refractivity contribution in [2.45, 2.75) is 32.9 Å². The summed E-state index contributed by atoms with van der Waals surface area (Å²) in [7, 11) is 0.484. The first-order chi connectivity index (χ1) is 16.0. The molecule has 1 unspecified atom stereocenters. The predicted molar refractivity (Wildman–Crippen MR) is 132 cm³/mol. The summed E-state index contributed by atoms with van der Waals surface area (Å²) >= 11 is 0. The molecule has 2 aromatic carbocycles. The number of methoxy groups -OCH3 is 2. The molecule has 0 spiro atoms. The van der Waals surface area contributed by atoms with Gasteiger partial charge in [0, 0.05) is 19.7 Å². The number of hydrogen-bond donors (Lipinski definition) is 1. The number of amides is 2. The summed E-state index contributed by atoms with van der Waals surface area (Å²) in [5.74, 6) is -0.173. The van der Waals surface area contributed by atoms with Crippen LogP contribution < -0.4 is 19.1 Å². The Hall–Kier alpha value is -3.27. The molecule has 2 amide bonds. The third kappa shape index (κ3) is 6.63. The van der Waals surface area contributed by atoms with Crippen molar-refractivity contribution in [3.8, 4) is 11.5 Å². The SMILES string of the molecule is CCC(C(=O)NC)N(Cc1cccc(C)c1)C(=O)CN(c1cc(OC)ccc1OC)S(C)(=O)=O. The van der Waals surface area contributed by atoms with Crippen molar-refractivity contribution in [2.75, 3.05) is 38.4 Å². The first-order valence-electron chi connectivity index (χ1n) is 10.8. The van der Waals surface area contributed by atoms with E-state index in [9.17, 15) is 18.0 Å². The van der Waals surface area contributed by atoms with Gasteiger partial charge in [-0.2, -0.15) is 0 Å². The number of carbonyl (C=O) groups is 2. The molecule has 0 aromatic heterocycles. The Morgan fingerprint density at radius 3 is 2.32 bits per heavy atom. The van der Waals surface area contributed by atoms with Crippen LogP contribution in [0.5, 0.6) is 11.5 Å². The Kier molecular flexibility index (Phi) is 9.31. The van der Waals surface area contributed by atoms with Gasteiger partial charge in [-0.05, 0) is 31.0 Å². The lowest BCUT2D eigenvalue weighted by Gasteiger charge is -2.33. The van der Waals surface area contributed by atoms with Gasteiger partial charge in [0.25, 0.3) is 0 Å². The Bertz CT molecular complexity index is 1120. The second-order valence-electron chi connectivity index (χ2n) is 7.86. The van der Waals surface area contributed by atoms with Crippen molar-refractivity contribution in [3.05, 3.63) is 53.6 Å². The van der Waals surface area contributed by atoms with E-state index in [-0.39, 0.29) is 23.9 Å². The third-order valence-electron chi connectivity index (χ3n) is 5.40. The lowest BCUT2D eigenvalue weighted by atomic mass is 10.1. The summed E-state index contributed by atoms with van der Waals surface area (Å²) in [6.07, 6.45) is 1.37. The minimum Gasteiger partial charge on any atom is -0.497 e. The highest BCUT2D eigenvalue weighted by Crippen LogP contribution is 2.34. The van der Waals surface area contributed by atoms with Crippen LogP contribution >= 0.6 is 0 Å². The van der Waals surface area contributed by atoms with Gasteiger partial charge in [0.15, 0.2) is 0 Å². The fourth-order valence-corrected chi connectivity index (χ4v) is 4.52. The normalized spacial score (nSPS) is 11.9. The minimum absolute atomic E-state index is 0.152. The standard InChI is InChI=1S/C24H33N3O6S/c1-7-20(24(29)25-3)26(15-18-10-8-9-17(2)13-18)23(28)16-27(34(6,30)31)21-14-19(32-4)11-12-22(21)33-5/h8-14,20H,7,15-16H2,1-6H3,(H,25,29). The fraction of sp³-hybridized carbons (Fsp3) is 0.417. The van der Waals surface area contributed by atoms with E-state index in [1.165, 1.54) is 32.2 Å². The van der Waals surface area contributed by atoms with E-state index in [2.05, 4.69) is 5.32 Å². The Labute approximate surface area is 201 Å². The molecule has 9 nitrogen and oxygen atoms in total. The van der Waals surface area contributed by atoms with E-state index in [4.69, 9.17) is 9.47 Å². The Balaban J connectivity index is 2.52. The molecular formula is C24H33N3O6S. The average molecular weight is 492 g/mol. The Morgan fingerprint density at radius 1 is 1.09 bits per heavy atom. The molecule has 0 heterocycles. The van der Waals surface area contributed by atoms with Gasteiger partial charge in [0.2, 0.25) is 21.8 Å². The van der Waals surface area contributed by atoms with E-state index in [0.717, 1.165) is 21.7 Å². The molecule has 0 radical (unpaired) electrons. The highest BCUT2D eigenvalue weighted by molar-refractivity contribution is 7.92. The van der Waals surface area contributed by atoms with Gasteiger partial charge >= 0.3 is 0 Å². The van der Waals surface area contributed by atoms with Crippen molar-refractivity contribution < 1.29 is 27.5 Å². The molecular weight excluding hydrogens is 458 g/mol. The van der Waals surface area contributed by atoms with Crippen molar-refractivity contribution in [1.29, 1.82) is 0 Å². The lowest BCUT2D eigenvalue weighted by Crippen LogP contribution is -2.51. The van der Waals surface area contributed by atoms with Crippen LogP contribution in [0.1, 0.15) is 24.5 Å². The number of rotatable bonds is 11. The number of anilines is 1. The largest absolute Gasteiger partial charge is 0.497 e. The summed E-state index contributed by atoms with van der Waals surface area (Å²) < 4.78 is 37.1. The monoisotopic (exact) mass is 491 g/mol. The molecule has 0 aliphatic carbocycles. The summed E-state index contributed by atoms with van der Waals surface area (Å²) in [5, 5.41) is 2.60. The van der Waals surface area contributed by atoms with E-state index in [0.29, 0.717) is 12.2 Å². The second-order valence-corrected chi connectivity index (χ2v) is 9.76. The summed E-state index contributed by atoms with van der Waals surface area (Å²) in [5.41, 5.74) is 2.01. The number of sulfonamides is 1. The van der Waals surface area contributed by atoms with E-state index >= 15 is 0 Å². The maximum absolute atomic E-state index is 13.6. The van der Waals surface area contributed by atoms with E-state index in [1.807, 2.05) is 31.2 Å². The minimum atomic E-state index is -3.89. The molecule has 2 aromatic rings. The van der Waals surface area contributed by atoms with Crippen LogP contribution in [0.3, 0.4) is 0 Å². The average Bonchev–Trinajstić information content (AvgIpc) is 2.80. The first-order valence-corrected chi connectivity index (χ1v) is 12.7. The zero-order valence-electron chi connectivity index (χ0n) is 20.5. The molecule has 0 bridgehead atoms. The molecule has 0 aliphatic heterocycles. The van der Waals surface area contributed by atoms with Gasteiger partial charge in [0.1, 0.15) is 24.1 Å². The van der Waals surface area contributed by atoms with Gasteiger partial charge in [-0.1, -0.05) is 36.8 Å². The maximum Gasteiger partial charge on any atom is 0.244 e. The van der Waals surface area contributed by atoms with Crippen molar-refractivity contribution >= 4 is 27.5 Å². The van der Waals surface area contributed by atoms with Gasteiger partial charge in [-0.25, -0.2) is 8.42 Å². The number of aryl methyl sites for hydroxylation is 1. The van der Waals surface area contributed by atoms with Crippen molar-refractivity contribution in [3.63, 3.8) is 0 Å². The van der Waals surface area contributed by atoms with E-state index < -0.39 is 28.5 Å². The van der Waals surface area contributed by atoms with Crippen LogP contribution in [-0.2, 0) is 26.2 Å². The highest BCUT2D eigenvalue weighted by atomic mass is 32.2. The molecule has 34 heavy (non-hydrogen) atoms. The molecule has 0 aliphatic rings. The number of benzene rings is 2. The molecule has 0 fully saturated rings. The number of ether oxygens (including phenoxy) is 2. The predicted octanol–water partition coefficient (Wildman–Crippen LogP) is 2.33. The second kappa shape index (κ2) is 11.7. The van der Waals surface area contributed by atoms with Crippen LogP contribution in [0, 0.1) is 6.92 Å². The molecule has 2 rings (SSSR count). The van der Waals surface area contributed by atoms with Crippen molar-refractivity contribution in [2.24, 2.45) is 0 Å². The zero-order chi connectivity index (χ0) is 25.5. The molecule has 0 saturated heterocycles. The van der Waals surface area contributed by atoms with Gasteiger partial charge in [-0.3, -0.25) is 13.9 Å². The number of likely N-dealkylation sites (N-methyl/N-ethyl adjacent to an activating group) is 1. The van der Waals surface area contributed by atoms with Crippen LogP contribution in [-0.4, -0.2) is 65.2 Å². The number of hydrogen-bond acceptors (Lipinski definition) is 6. The molecule has 1 N–H and O–H groups in total. The lowest BCUT2D eigenvalue weighted by molar-refractivity contribution is -0.140. The topological polar surface area (TPSA) is 105 Å². The summed E-state index contributed by atoms with van der Waals surface area (Å²) in [4.78, 5) is 27.6. The first kappa shape index (κ1) is 27.0. The van der Waals surface area contributed by atoms with Crippen LogP contribution in [0.25, 0.3) is 0 Å². The van der Waals surface area contributed by atoms with E-state index in [1.54, 1.807) is 19.1 Å². The number of carbonyl (C=O) groups excluding carboxylic acids is 2. The summed E-state index contributed by atoms with van der Waals surface area (Å²) in [6, 6.07) is 11.5. The van der Waals surface area contributed by atoms with Gasteiger partial charge in [-0.15, -0.1) is 0 Å². The van der Waals surface area contributed by atoms with Crippen LogP contribution in [0.2, 0.25) is 0 Å². The highest BCUT2D eigenvalue weighted by Gasteiger charge is 2.32. The van der Waals surface area contributed by atoms with Crippen molar-refractivity contribution in [1.82, 2.24) is 10.2 Å². The number of nitrogens with zero attached hydrogens (tertiary/aromatic N) is 2. The smallest absolute Gasteiger partial charge is 0.244 e. The van der Waals surface area contributed by atoms with Crippen LogP contribution in [0.15, 0.2) is 42.5 Å². The molecule has 10 heteroatoms. The number of nitrogens with one attached hydrogen (secondary N) is 1. The molecule has 1 atom stereocenters. The Morgan fingerprint density at radius 2 is 1.79 bits per heavy atom. The molecule has 186 valence electrons. The third-order valence-corrected chi connectivity index (χ3v) is 6.53. The fourth-order valence-electron chi connectivity index (χ4n) is 3.68.